The monoisotopic (exact) mass is 229 g/mol. The van der Waals surface area contributed by atoms with Gasteiger partial charge in [-0.05, 0) is 30.0 Å². The highest BCUT2D eigenvalue weighted by atomic mass is 16.5. The molecule has 1 N–H and O–H groups in total. The first kappa shape index (κ1) is 7.33. The molecule has 0 fully saturated rings. The largest absolute Gasteiger partial charge is 0.496 e. The number of aryl methyl sites for hydroxylation is 1. The molecule has 1 aromatic heterocycles. The van der Waals surface area contributed by atoms with Gasteiger partial charge in [0, 0.05) is 6.93 Å². The van der Waals surface area contributed by atoms with E-state index in [0.29, 0.717) is 22.4 Å². The number of fused-ring (bicyclic) bond motifs is 1. The summed E-state index contributed by atoms with van der Waals surface area (Å²) in [5, 5.41) is 0. The fourth-order valence-corrected chi connectivity index (χ4v) is 2.17. The van der Waals surface area contributed by atoms with E-state index in [0.717, 1.165) is 11.3 Å². The van der Waals surface area contributed by atoms with E-state index < -0.39 is 6.40 Å². The van der Waals surface area contributed by atoms with Crippen molar-refractivity contribution in [2.45, 2.75) is 13.3 Å². The zero-order valence-electron chi connectivity index (χ0n) is 12.7. The lowest BCUT2D eigenvalue weighted by Crippen LogP contribution is -1.97. The number of imidazole rings is 1. The molecular formula is C14H14N2O. The molecule has 1 aliphatic rings. The summed E-state index contributed by atoms with van der Waals surface area (Å²) in [6, 6.07) is 1.94. The molecule has 0 saturated heterocycles. The van der Waals surface area contributed by atoms with Crippen LogP contribution in [0.1, 0.15) is 20.8 Å². The van der Waals surface area contributed by atoms with Crippen molar-refractivity contribution in [3.8, 4) is 17.0 Å². The minimum absolute atomic E-state index is 0.0217. The molecule has 86 valence electrons. The van der Waals surface area contributed by atoms with E-state index in [1.165, 1.54) is 0 Å². The molecule has 0 radical (unpaired) electrons. The number of allylic oxidation sites excluding steroid dienone is 1. The number of methoxy groups -OCH3 is 1. The Bertz CT molecular complexity index is 708. The number of aromatic nitrogens is 2. The lowest BCUT2D eigenvalue weighted by atomic mass is 9.96. The minimum Gasteiger partial charge on any atom is -0.496 e. The summed E-state index contributed by atoms with van der Waals surface area (Å²) >= 11 is 0. The summed E-state index contributed by atoms with van der Waals surface area (Å²) in [6.45, 7) is 1.90. The third-order valence-electron chi connectivity index (χ3n) is 2.89. The summed E-state index contributed by atoms with van der Waals surface area (Å²) in [7, 11) is 1.58. The Kier molecular flexibility index (Phi) is 1.62. The molecule has 0 saturated carbocycles. The molecule has 0 amide bonds. The molecule has 3 heteroatoms. The Morgan fingerprint density at radius 3 is 3.18 bits per heavy atom. The number of ether oxygens (including phenoxy) is 1. The molecular weight excluding hydrogens is 212 g/mol. The fraction of sp³-hybridized carbons (Fsp3) is 0.214. The number of nitrogens with one attached hydrogen (secondary N) is 1. The number of rotatable bonds is 2. The van der Waals surface area contributed by atoms with E-state index in [-0.39, 0.29) is 12.1 Å². The van der Waals surface area contributed by atoms with Gasteiger partial charge in [-0.25, -0.2) is 4.98 Å². The van der Waals surface area contributed by atoms with Crippen molar-refractivity contribution in [1.29, 1.82) is 0 Å². The summed E-state index contributed by atoms with van der Waals surface area (Å²) in [5.41, 5.74) is 3.61. The number of nitrogens with zero attached hydrogens (tertiary/aromatic N) is 1. The van der Waals surface area contributed by atoms with Crippen LogP contribution >= 0.6 is 0 Å². The van der Waals surface area contributed by atoms with E-state index >= 15 is 0 Å². The summed E-state index contributed by atoms with van der Waals surface area (Å²) in [6.07, 6.45) is 2.42. The molecule has 0 spiro atoms. The molecule has 1 aliphatic carbocycles. The number of H-pyrrole nitrogens is 1. The minimum atomic E-state index is -0.802. The highest BCUT2D eigenvalue weighted by molar-refractivity contribution is 5.83. The Hall–Kier alpha value is -2.03. The van der Waals surface area contributed by atoms with Crippen molar-refractivity contribution < 1.29 is 8.85 Å². The average molecular weight is 229 g/mol. The molecule has 2 aromatic rings. The van der Waals surface area contributed by atoms with E-state index in [1.807, 2.05) is 13.0 Å². The molecule has 1 aromatic carbocycles. The van der Waals surface area contributed by atoms with Crippen LogP contribution in [0.3, 0.4) is 0 Å². The van der Waals surface area contributed by atoms with E-state index in [9.17, 15) is 0 Å². The van der Waals surface area contributed by atoms with Gasteiger partial charge in [0.2, 0.25) is 0 Å². The van der Waals surface area contributed by atoms with Gasteiger partial charge in [-0.3, -0.25) is 0 Å². The number of hydrogen-bond acceptors (Lipinski definition) is 2. The zero-order chi connectivity index (χ0) is 14.4. The van der Waals surface area contributed by atoms with Gasteiger partial charge in [-0.15, -0.1) is 0 Å². The van der Waals surface area contributed by atoms with Crippen molar-refractivity contribution >= 4 is 6.05 Å². The lowest BCUT2D eigenvalue weighted by molar-refractivity contribution is 0.413. The number of benzene rings is 1. The van der Waals surface area contributed by atoms with Crippen LogP contribution in [-0.2, 0) is 6.40 Å². The zero-order valence-corrected chi connectivity index (χ0v) is 9.66. The van der Waals surface area contributed by atoms with Crippen LogP contribution in [0.15, 0.2) is 24.6 Å². The van der Waals surface area contributed by atoms with Crippen LogP contribution in [-0.4, -0.2) is 17.1 Å². The van der Waals surface area contributed by atoms with Gasteiger partial charge >= 0.3 is 0 Å². The Balaban J connectivity index is 2.41. The second kappa shape index (κ2) is 3.77. The Labute approximate surface area is 104 Å². The molecule has 3 nitrogen and oxygen atoms in total. The summed E-state index contributed by atoms with van der Waals surface area (Å²) in [5.74, 6) is 0.652. The van der Waals surface area contributed by atoms with Crippen LogP contribution in [0.4, 0.5) is 0 Å². The third kappa shape index (κ3) is 1.46. The quantitative estimate of drug-likeness (QED) is 0.859. The normalized spacial score (nSPS) is 20.8. The molecule has 17 heavy (non-hydrogen) atoms. The second-order valence-electron chi connectivity index (χ2n) is 3.94. The average Bonchev–Trinajstić information content (AvgIpc) is 3.03. The van der Waals surface area contributed by atoms with Crippen LogP contribution in [0.5, 0.6) is 5.75 Å². The van der Waals surface area contributed by atoms with Gasteiger partial charge in [0.05, 0.1) is 28.1 Å². The van der Waals surface area contributed by atoms with Crippen LogP contribution in [0.25, 0.3) is 17.3 Å². The van der Waals surface area contributed by atoms with Crippen LogP contribution < -0.4 is 4.74 Å². The van der Waals surface area contributed by atoms with Gasteiger partial charge in [0.15, 0.2) is 0 Å². The van der Waals surface area contributed by atoms with Gasteiger partial charge < -0.3 is 9.72 Å². The second-order valence-corrected chi connectivity index (χ2v) is 3.94. The predicted molar refractivity (Wildman–Crippen MR) is 68.1 cm³/mol. The molecule has 1 heterocycles. The molecule has 3 rings (SSSR count). The van der Waals surface area contributed by atoms with Gasteiger partial charge in [-0.1, -0.05) is 18.2 Å². The highest BCUT2D eigenvalue weighted by Gasteiger charge is 2.19. The SMILES string of the molecule is [2H]C1=C([2H])C([2H])c2cc(C)c(OC)c(-c3cnc[nH]3)c21. The summed E-state index contributed by atoms with van der Waals surface area (Å²) < 4.78 is 29.5. The smallest absolute Gasteiger partial charge is 0.131 e. The van der Waals surface area contributed by atoms with Gasteiger partial charge in [-0.2, -0.15) is 0 Å². The van der Waals surface area contributed by atoms with Crippen molar-refractivity contribution in [3.63, 3.8) is 0 Å². The predicted octanol–water partition coefficient (Wildman–Crippen LogP) is 2.96. The maximum absolute atomic E-state index is 8.12. The maximum Gasteiger partial charge on any atom is 0.131 e. The Morgan fingerprint density at radius 2 is 2.47 bits per heavy atom. The maximum atomic E-state index is 8.12. The molecule has 0 aliphatic heterocycles. The lowest BCUT2D eigenvalue weighted by Gasteiger charge is -2.14. The van der Waals surface area contributed by atoms with Crippen LogP contribution in [0.2, 0.25) is 0 Å². The highest BCUT2D eigenvalue weighted by Crippen LogP contribution is 2.40. The van der Waals surface area contributed by atoms with E-state index in [4.69, 9.17) is 8.85 Å². The standard InChI is InChI=1S/C14H14N2O/c1-9-6-10-4-3-5-11(10)13(14(9)17-2)12-7-15-8-16-12/h3,5-8H,4H2,1-2H3,(H,15,16)/i3D,4D,5D. The third-order valence-corrected chi connectivity index (χ3v) is 2.89. The molecule has 1 unspecified atom stereocenters. The van der Waals surface area contributed by atoms with Gasteiger partial charge in [0.25, 0.3) is 0 Å². The first-order chi connectivity index (χ1) is 9.56. The first-order valence-corrected chi connectivity index (χ1v) is 5.36. The molecule has 1 atom stereocenters. The van der Waals surface area contributed by atoms with Crippen molar-refractivity contribution in [3.05, 3.63) is 41.3 Å². The summed E-state index contributed by atoms with van der Waals surface area (Å²) in [4.78, 5) is 7.03. The van der Waals surface area contributed by atoms with E-state index in [2.05, 4.69) is 9.97 Å². The van der Waals surface area contributed by atoms with Crippen LogP contribution in [0, 0.1) is 6.92 Å². The fourth-order valence-electron chi connectivity index (χ4n) is 2.17. The number of aromatic amines is 1. The van der Waals surface area contributed by atoms with Gasteiger partial charge in [0.1, 0.15) is 5.75 Å². The van der Waals surface area contributed by atoms with Crippen molar-refractivity contribution in [2.75, 3.05) is 7.11 Å². The number of hydrogen-bond donors (Lipinski definition) is 1. The first-order valence-electron chi connectivity index (χ1n) is 6.94. The van der Waals surface area contributed by atoms with Crippen molar-refractivity contribution in [2.24, 2.45) is 0 Å². The molecule has 0 bridgehead atoms. The van der Waals surface area contributed by atoms with E-state index in [1.54, 1.807) is 19.6 Å². The Morgan fingerprint density at radius 1 is 1.59 bits per heavy atom. The van der Waals surface area contributed by atoms with Crippen molar-refractivity contribution in [1.82, 2.24) is 9.97 Å². The topological polar surface area (TPSA) is 37.9 Å².